The standard InChI is InChI=1S/C25H31Cl2N5O4/c1-13-9-16(7-8-34-13)29-25-22(27)23(21-14(2)32-36-15(21)3)30-24(31-25)19-10-18(5-6-20(19)26)35-12-17(33)11-28-4/h5-6,10,13,16-17,28,33H,7-9,11-12H2,1-4H3,(H,29,30,31). The van der Waals surface area contributed by atoms with Crippen LogP contribution in [0.4, 0.5) is 5.82 Å². The fraction of sp³-hybridized carbons (Fsp3) is 0.480. The predicted molar refractivity (Wildman–Crippen MR) is 140 cm³/mol. The SMILES string of the molecule is CNCC(O)COc1ccc(Cl)c(-c2nc(NC3CCOC(C)C3)c(Cl)c(-c3c(C)noc3C)n2)c1. The average molecular weight is 536 g/mol. The molecule has 11 heteroatoms. The summed E-state index contributed by atoms with van der Waals surface area (Å²) in [7, 11) is 1.77. The van der Waals surface area contributed by atoms with Gasteiger partial charge in [0.1, 0.15) is 40.8 Å². The van der Waals surface area contributed by atoms with E-state index in [2.05, 4.69) is 22.7 Å². The van der Waals surface area contributed by atoms with Crippen molar-refractivity contribution in [3.63, 3.8) is 0 Å². The van der Waals surface area contributed by atoms with Gasteiger partial charge >= 0.3 is 0 Å². The number of halogens is 2. The van der Waals surface area contributed by atoms with Gasteiger partial charge in [0.2, 0.25) is 0 Å². The molecule has 194 valence electrons. The molecule has 3 N–H and O–H groups in total. The average Bonchev–Trinajstić information content (AvgIpc) is 3.18. The van der Waals surface area contributed by atoms with E-state index in [1.165, 1.54) is 0 Å². The minimum Gasteiger partial charge on any atom is -0.491 e. The lowest BCUT2D eigenvalue weighted by molar-refractivity contribution is 0.0232. The van der Waals surface area contributed by atoms with Crippen LogP contribution >= 0.6 is 23.2 Å². The van der Waals surface area contributed by atoms with E-state index in [0.29, 0.717) is 68.9 Å². The number of aliphatic hydroxyl groups excluding tert-OH is 1. The molecule has 0 aliphatic carbocycles. The Balaban J connectivity index is 1.76. The van der Waals surface area contributed by atoms with E-state index in [1.807, 2.05) is 13.8 Å². The Hall–Kier alpha value is -2.43. The molecular formula is C25H31Cl2N5O4. The molecule has 3 atom stereocenters. The molecule has 4 rings (SSSR count). The number of aryl methyl sites for hydroxylation is 2. The highest BCUT2D eigenvalue weighted by molar-refractivity contribution is 6.35. The van der Waals surface area contributed by atoms with Crippen LogP contribution in [-0.4, -0.2) is 65.3 Å². The summed E-state index contributed by atoms with van der Waals surface area (Å²) in [6.07, 6.45) is 1.15. The van der Waals surface area contributed by atoms with E-state index >= 15 is 0 Å². The quantitative estimate of drug-likeness (QED) is 0.359. The molecule has 3 heterocycles. The first kappa shape index (κ1) is 26.6. The maximum atomic E-state index is 10.0. The van der Waals surface area contributed by atoms with Crippen molar-refractivity contribution >= 4 is 29.0 Å². The third kappa shape index (κ3) is 6.10. The number of hydrogen-bond acceptors (Lipinski definition) is 9. The van der Waals surface area contributed by atoms with Crippen LogP contribution in [0.2, 0.25) is 10.0 Å². The van der Waals surface area contributed by atoms with Crippen LogP contribution in [0, 0.1) is 13.8 Å². The number of aliphatic hydroxyl groups is 1. The third-order valence-corrected chi connectivity index (χ3v) is 6.70. The van der Waals surface area contributed by atoms with E-state index in [0.717, 1.165) is 12.8 Å². The Bertz CT molecular complexity index is 1190. The highest BCUT2D eigenvalue weighted by atomic mass is 35.5. The smallest absolute Gasteiger partial charge is 0.163 e. The molecule has 0 bridgehead atoms. The molecule has 0 radical (unpaired) electrons. The summed E-state index contributed by atoms with van der Waals surface area (Å²) in [5.41, 5.74) is 2.47. The van der Waals surface area contributed by atoms with Crippen LogP contribution in [0.3, 0.4) is 0 Å². The Morgan fingerprint density at radius 3 is 2.75 bits per heavy atom. The highest BCUT2D eigenvalue weighted by Gasteiger charge is 2.25. The summed E-state index contributed by atoms with van der Waals surface area (Å²) in [6, 6.07) is 5.36. The highest BCUT2D eigenvalue weighted by Crippen LogP contribution is 2.39. The van der Waals surface area contributed by atoms with E-state index in [-0.39, 0.29) is 18.8 Å². The molecule has 0 amide bonds. The lowest BCUT2D eigenvalue weighted by atomic mass is 10.0. The third-order valence-electron chi connectivity index (χ3n) is 6.01. The topological polar surface area (TPSA) is 115 Å². The van der Waals surface area contributed by atoms with Gasteiger partial charge in [-0.25, -0.2) is 9.97 Å². The van der Waals surface area contributed by atoms with Crippen molar-refractivity contribution in [2.75, 3.05) is 32.1 Å². The molecular weight excluding hydrogens is 505 g/mol. The minimum atomic E-state index is -0.648. The van der Waals surface area contributed by atoms with Crippen LogP contribution < -0.4 is 15.4 Å². The molecule has 36 heavy (non-hydrogen) atoms. The Morgan fingerprint density at radius 1 is 1.25 bits per heavy atom. The summed E-state index contributed by atoms with van der Waals surface area (Å²) in [5.74, 6) is 2.02. The summed E-state index contributed by atoms with van der Waals surface area (Å²) < 4.78 is 16.9. The van der Waals surface area contributed by atoms with Gasteiger partial charge in [-0.2, -0.15) is 0 Å². The number of anilines is 1. The first-order valence-corrected chi connectivity index (χ1v) is 12.7. The van der Waals surface area contributed by atoms with Crippen molar-refractivity contribution in [1.29, 1.82) is 0 Å². The first-order chi connectivity index (χ1) is 17.3. The molecule has 3 aromatic rings. The molecule has 1 aromatic carbocycles. The lowest BCUT2D eigenvalue weighted by Gasteiger charge is -2.29. The van der Waals surface area contributed by atoms with Gasteiger partial charge < -0.3 is 29.7 Å². The van der Waals surface area contributed by atoms with Crippen LogP contribution in [0.25, 0.3) is 22.6 Å². The van der Waals surface area contributed by atoms with Gasteiger partial charge in [-0.1, -0.05) is 28.4 Å². The van der Waals surface area contributed by atoms with Crippen LogP contribution in [0.5, 0.6) is 5.75 Å². The molecule has 1 aliphatic rings. The molecule has 1 fully saturated rings. The summed E-state index contributed by atoms with van der Waals surface area (Å²) in [4.78, 5) is 9.57. The predicted octanol–water partition coefficient (Wildman–Crippen LogP) is 4.66. The summed E-state index contributed by atoms with van der Waals surface area (Å²) in [5, 5.41) is 21.3. The second-order valence-electron chi connectivity index (χ2n) is 8.97. The number of hydrogen-bond donors (Lipinski definition) is 3. The van der Waals surface area contributed by atoms with E-state index in [4.69, 9.17) is 47.2 Å². The summed E-state index contributed by atoms with van der Waals surface area (Å²) in [6.45, 7) is 6.92. The van der Waals surface area contributed by atoms with E-state index in [9.17, 15) is 5.11 Å². The van der Waals surface area contributed by atoms with Gasteiger partial charge in [-0.05, 0) is 58.9 Å². The number of ether oxygens (including phenoxy) is 2. The Kier molecular flexibility index (Phi) is 8.69. The molecule has 1 saturated heterocycles. The molecule has 2 aromatic heterocycles. The van der Waals surface area contributed by atoms with Gasteiger partial charge in [-0.15, -0.1) is 0 Å². The molecule has 3 unspecified atom stereocenters. The second-order valence-corrected chi connectivity index (χ2v) is 9.75. The zero-order chi connectivity index (χ0) is 25.8. The monoisotopic (exact) mass is 535 g/mol. The van der Waals surface area contributed by atoms with Gasteiger partial charge in [0, 0.05) is 24.8 Å². The van der Waals surface area contributed by atoms with Gasteiger partial charge in [0.05, 0.1) is 22.4 Å². The summed E-state index contributed by atoms with van der Waals surface area (Å²) >= 11 is 13.5. The van der Waals surface area contributed by atoms with Crippen molar-refractivity contribution in [1.82, 2.24) is 20.4 Å². The Morgan fingerprint density at radius 2 is 2.06 bits per heavy atom. The number of likely N-dealkylation sites (N-methyl/N-ethyl adjacent to an activating group) is 1. The number of benzene rings is 1. The molecule has 0 spiro atoms. The molecule has 9 nitrogen and oxygen atoms in total. The number of aromatic nitrogens is 3. The second kappa shape index (κ2) is 11.7. The van der Waals surface area contributed by atoms with E-state index in [1.54, 1.807) is 25.2 Å². The zero-order valence-corrected chi connectivity index (χ0v) is 22.3. The maximum absolute atomic E-state index is 10.0. The molecule has 1 aliphatic heterocycles. The Labute approximate surface area is 220 Å². The zero-order valence-electron chi connectivity index (χ0n) is 20.8. The van der Waals surface area contributed by atoms with Crippen LogP contribution in [0.1, 0.15) is 31.2 Å². The van der Waals surface area contributed by atoms with Gasteiger partial charge in [-0.3, -0.25) is 0 Å². The number of nitrogens with one attached hydrogen (secondary N) is 2. The maximum Gasteiger partial charge on any atom is 0.163 e. The van der Waals surface area contributed by atoms with Crippen molar-refractivity contribution in [2.24, 2.45) is 0 Å². The largest absolute Gasteiger partial charge is 0.491 e. The number of rotatable bonds is 9. The van der Waals surface area contributed by atoms with Crippen LogP contribution in [-0.2, 0) is 4.74 Å². The van der Waals surface area contributed by atoms with Crippen LogP contribution in [0.15, 0.2) is 22.7 Å². The van der Waals surface area contributed by atoms with Crippen molar-refractivity contribution < 1.29 is 19.1 Å². The van der Waals surface area contributed by atoms with Crippen molar-refractivity contribution in [3.8, 4) is 28.4 Å². The molecule has 0 saturated carbocycles. The fourth-order valence-electron chi connectivity index (χ4n) is 4.22. The van der Waals surface area contributed by atoms with Crippen molar-refractivity contribution in [2.45, 2.75) is 51.9 Å². The van der Waals surface area contributed by atoms with E-state index < -0.39 is 6.10 Å². The lowest BCUT2D eigenvalue weighted by Crippen LogP contribution is -2.33. The first-order valence-electron chi connectivity index (χ1n) is 11.9. The number of nitrogens with zero attached hydrogens (tertiary/aromatic N) is 3. The normalized spacial score (nSPS) is 18.8. The van der Waals surface area contributed by atoms with Gasteiger partial charge in [0.15, 0.2) is 5.82 Å². The minimum absolute atomic E-state index is 0.127. The van der Waals surface area contributed by atoms with Crippen molar-refractivity contribution in [3.05, 3.63) is 39.7 Å². The fourth-order valence-corrected chi connectivity index (χ4v) is 4.66. The van der Waals surface area contributed by atoms with Gasteiger partial charge in [0.25, 0.3) is 0 Å².